The average molecular weight is 310 g/mol. The molecule has 1 unspecified atom stereocenters. The van der Waals surface area contributed by atoms with Crippen LogP contribution in [0.15, 0.2) is 0 Å². The highest BCUT2D eigenvalue weighted by Crippen LogP contribution is 2.19. The van der Waals surface area contributed by atoms with Gasteiger partial charge in [-0.3, -0.25) is 9.59 Å². The van der Waals surface area contributed by atoms with Gasteiger partial charge >= 0.3 is 0 Å². The van der Waals surface area contributed by atoms with Gasteiger partial charge in [-0.1, -0.05) is 0 Å². The molecule has 3 aliphatic rings. The largest absolute Gasteiger partial charge is 0.375 e. The van der Waals surface area contributed by atoms with Crippen molar-refractivity contribution in [3.8, 4) is 0 Å². The minimum absolute atomic E-state index is 0.0950. The van der Waals surface area contributed by atoms with Gasteiger partial charge in [-0.25, -0.2) is 0 Å². The van der Waals surface area contributed by atoms with E-state index >= 15 is 0 Å². The third-order valence-corrected chi connectivity index (χ3v) is 4.86. The van der Waals surface area contributed by atoms with Gasteiger partial charge in [0, 0.05) is 38.8 Å². The molecule has 0 radical (unpaired) electrons. The quantitative estimate of drug-likeness (QED) is 0.669. The predicted octanol–water partition coefficient (Wildman–Crippen LogP) is -1.21. The van der Waals surface area contributed by atoms with Crippen LogP contribution < -0.4 is 10.6 Å². The Labute approximate surface area is 131 Å². The van der Waals surface area contributed by atoms with Gasteiger partial charge in [0.25, 0.3) is 0 Å². The Kier molecular flexibility index (Phi) is 4.95. The monoisotopic (exact) mass is 310 g/mol. The second kappa shape index (κ2) is 6.93. The lowest BCUT2D eigenvalue weighted by atomic mass is 10.0. The lowest BCUT2D eigenvalue weighted by Gasteiger charge is -2.42. The summed E-state index contributed by atoms with van der Waals surface area (Å²) in [5.41, 5.74) is 0. The lowest BCUT2D eigenvalue weighted by Crippen LogP contribution is -2.61. The Bertz CT molecular complexity index is 431. The maximum atomic E-state index is 12.7. The van der Waals surface area contributed by atoms with Crippen molar-refractivity contribution >= 4 is 11.8 Å². The SMILES string of the molecule is C[C@H]1OCCN[C@@H]1C(=O)N1CCCC(N2CCNCC2=O)C1. The number of rotatable bonds is 2. The molecular weight excluding hydrogens is 284 g/mol. The summed E-state index contributed by atoms with van der Waals surface area (Å²) in [4.78, 5) is 28.7. The minimum Gasteiger partial charge on any atom is -0.375 e. The van der Waals surface area contributed by atoms with Crippen LogP contribution in [0.3, 0.4) is 0 Å². The summed E-state index contributed by atoms with van der Waals surface area (Å²) < 4.78 is 5.58. The van der Waals surface area contributed by atoms with E-state index in [4.69, 9.17) is 4.74 Å². The molecule has 3 fully saturated rings. The molecule has 3 heterocycles. The summed E-state index contributed by atoms with van der Waals surface area (Å²) in [5, 5.41) is 6.36. The van der Waals surface area contributed by atoms with Gasteiger partial charge in [0.15, 0.2) is 0 Å². The molecule has 124 valence electrons. The molecule has 3 aliphatic heterocycles. The number of ether oxygens (including phenoxy) is 1. The fraction of sp³-hybridized carbons (Fsp3) is 0.867. The van der Waals surface area contributed by atoms with Crippen LogP contribution in [0.25, 0.3) is 0 Å². The van der Waals surface area contributed by atoms with Gasteiger partial charge < -0.3 is 25.2 Å². The Morgan fingerprint density at radius 2 is 2.18 bits per heavy atom. The first kappa shape index (κ1) is 15.7. The molecule has 0 aliphatic carbocycles. The van der Waals surface area contributed by atoms with Crippen LogP contribution in [-0.2, 0) is 14.3 Å². The first-order chi connectivity index (χ1) is 10.7. The third-order valence-electron chi connectivity index (χ3n) is 4.86. The highest BCUT2D eigenvalue weighted by molar-refractivity contribution is 5.83. The number of morpholine rings is 1. The van der Waals surface area contributed by atoms with E-state index in [2.05, 4.69) is 10.6 Å². The van der Waals surface area contributed by atoms with Crippen molar-refractivity contribution in [3.63, 3.8) is 0 Å². The normalized spacial score (nSPS) is 33.9. The zero-order valence-electron chi connectivity index (χ0n) is 13.2. The molecule has 0 saturated carbocycles. The second-order valence-electron chi connectivity index (χ2n) is 6.35. The van der Waals surface area contributed by atoms with Crippen LogP contribution in [0.5, 0.6) is 0 Å². The van der Waals surface area contributed by atoms with Gasteiger partial charge in [0.2, 0.25) is 11.8 Å². The van der Waals surface area contributed by atoms with Crippen molar-refractivity contribution in [2.45, 2.75) is 38.0 Å². The topological polar surface area (TPSA) is 73.9 Å². The van der Waals surface area contributed by atoms with Crippen LogP contribution in [-0.4, -0.2) is 85.7 Å². The highest BCUT2D eigenvalue weighted by Gasteiger charge is 2.36. The molecule has 0 bridgehead atoms. The van der Waals surface area contributed by atoms with Gasteiger partial charge in [-0.15, -0.1) is 0 Å². The maximum absolute atomic E-state index is 12.7. The Hall–Kier alpha value is -1.18. The Morgan fingerprint density at radius 1 is 1.32 bits per heavy atom. The summed E-state index contributed by atoms with van der Waals surface area (Å²) in [6.45, 7) is 6.74. The van der Waals surface area contributed by atoms with Gasteiger partial charge in [-0.05, 0) is 19.8 Å². The van der Waals surface area contributed by atoms with Gasteiger partial charge in [0.1, 0.15) is 6.04 Å². The van der Waals surface area contributed by atoms with E-state index in [0.29, 0.717) is 26.2 Å². The molecule has 3 rings (SSSR count). The van der Waals surface area contributed by atoms with E-state index in [1.807, 2.05) is 16.7 Å². The van der Waals surface area contributed by atoms with Crippen molar-refractivity contribution in [2.24, 2.45) is 0 Å². The van der Waals surface area contributed by atoms with E-state index in [-0.39, 0.29) is 30.0 Å². The molecule has 7 nitrogen and oxygen atoms in total. The molecule has 7 heteroatoms. The van der Waals surface area contributed by atoms with Crippen molar-refractivity contribution < 1.29 is 14.3 Å². The Balaban J connectivity index is 1.62. The fourth-order valence-electron chi connectivity index (χ4n) is 3.62. The van der Waals surface area contributed by atoms with E-state index < -0.39 is 0 Å². The second-order valence-corrected chi connectivity index (χ2v) is 6.35. The number of carbonyl (C=O) groups is 2. The number of nitrogens with zero attached hydrogens (tertiary/aromatic N) is 2. The predicted molar refractivity (Wildman–Crippen MR) is 81.4 cm³/mol. The zero-order chi connectivity index (χ0) is 15.5. The molecule has 0 aromatic carbocycles. The number of likely N-dealkylation sites (tertiary alicyclic amines) is 1. The van der Waals surface area contributed by atoms with Crippen LogP contribution >= 0.6 is 0 Å². The van der Waals surface area contributed by atoms with Crippen LogP contribution in [0.2, 0.25) is 0 Å². The Morgan fingerprint density at radius 3 is 2.95 bits per heavy atom. The highest BCUT2D eigenvalue weighted by atomic mass is 16.5. The standard InChI is InChI=1S/C15H26N4O3/c1-11-14(17-5-8-22-11)15(21)18-6-2-3-12(10-18)19-7-4-16-9-13(19)20/h11-12,14,16-17H,2-10H2,1H3/t11-,12?,14+/m1/s1. The van der Waals surface area contributed by atoms with Gasteiger partial charge in [-0.2, -0.15) is 0 Å². The van der Waals surface area contributed by atoms with E-state index in [0.717, 1.165) is 32.5 Å². The van der Waals surface area contributed by atoms with Crippen molar-refractivity contribution in [3.05, 3.63) is 0 Å². The van der Waals surface area contributed by atoms with E-state index in [9.17, 15) is 9.59 Å². The smallest absolute Gasteiger partial charge is 0.242 e. The van der Waals surface area contributed by atoms with Gasteiger partial charge in [0.05, 0.1) is 19.3 Å². The van der Waals surface area contributed by atoms with Crippen LogP contribution in [0.1, 0.15) is 19.8 Å². The molecule has 0 spiro atoms. The summed E-state index contributed by atoms with van der Waals surface area (Å²) in [6.07, 6.45) is 1.84. The number of carbonyl (C=O) groups excluding carboxylic acids is 2. The van der Waals surface area contributed by atoms with Crippen LogP contribution in [0.4, 0.5) is 0 Å². The zero-order valence-corrected chi connectivity index (χ0v) is 13.2. The fourth-order valence-corrected chi connectivity index (χ4v) is 3.62. The summed E-state index contributed by atoms with van der Waals surface area (Å²) in [5.74, 6) is 0.262. The minimum atomic E-state index is -0.258. The number of piperidine rings is 1. The van der Waals surface area contributed by atoms with E-state index in [1.165, 1.54) is 0 Å². The number of hydrogen-bond donors (Lipinski definition) is 2. The molecule has 22 heavy (non-hydrogen) atoms. The molecule has 3 saturated heterocycles. The molecule has 2 N–H and O–H groups in total. The number of hydrogen-bond acceptors (Lipinski definition) is 5. The first-order valence-corrected chi connectivity index (χ1v) is 8.31. The van der Waals surface area contributed by atoms with Crippen molar-refractivity contribution in [1.82, 2.24) is 20.4 Å². The molecule has 0 aromatic heterocycles. The third kappa shape index (κ3) is 3.26. The first-order valence-electron chi connectivity index (χ1n) is 8.31. The summed E-state index contributed by atoms with van der Waals surface area (Å²) in [7, 11) is 0. The van der Waals surface area contributed by atoms with Crippen molar-refractivity contribution in [2.75, 3.05) is 45.9 Å². The molecular formula is C15H26N4O3. The number of nitrogens with one attached hydrogen (secondary N) is 2. The maximum Gasteiger partial charge on any atom is 0.242 e. The van der Waals surface area contributed by atoms with Crippen molar-refractivity contribution in [1.29, 1.82) is 0 Å². The average Bonchev–Trinajstić information content (AvgIpc) is 2.55. The van der Waals surface area contributed by atoms with E-state index in [1.54, 1.807) is 0 Å². The molecule has 0 aromatic rings. The van der Waals surface area contributed by atoms with Crippen LogP contribution in [0, 0.1) is 0 Å². The molecule has 2 amide bonds. The summed E-state index contributed by atoms with van der Waals surface area (Å²) in [6, 6.07) is -0.0988. The summed E-state index contributed by atoms with van der Waals surface area (Å²) >= 11 is 0. The lowest BCUT2D eigenvalue weighted by molar-refractivity contribution is -0.145. The molecule has 3 atom stereocenters. The number of amides is 2. The number of piperazine rings is 1.